The van der Waals surface area contributed by atoms with Crippen LogP contribution in [0, 0.1) is 0 Å². The Kier molecular flexibility index (Phi) is 5.45. The minimum absolute atomic E-state index is 0.0123. The normalized spacial score (nSPS) is 11.9. The van der Waals surface area contributed by atoms with Crippen LogP contribution < -0.4 is 0 Å². The van der Waals surface area contributed by atoms with Crippen LogP contribution in [-0.4, -0.2) is 30.5 Å². The van der Waals surface area contributed by atoms with E-state index in [2.05, 4.69) is 4.74 Å². The minimum atomic E-state index is -0.548. The van der Waals surface area contributed by atoms with E-state index < -0.39 is 18.0 Å². The van der Waals surface area contributed by atoms with E-state index in [1.54, 1.807) is 0 Å². The van der Waals surface area contributed by atoms with Crippen LogP contribution in [0.15, 0.2) is 0 Å². The molecule has 70 valence electrons. The maximum absolute atomic E-state index is 10.4. The third-order valence-electron chi connectivity index (χ3n) is 0.977. The summed E-state index contributed by atoms with van der Waals surface area (Å²) in [5.74, 6) is -0.738. The van der Waals surface area contributed by atoms with Crippen molar-refractivity contribution >= 4 is 23.5 Å². The van der Waals surface area contributed by atoms with Crippen molar-refractivity contribution in [2.24, 2.45) is 0 Å². The number of alkyl halides is 1. The third kappa shape index (κ3) is 5.97. The Morgan fingerprint density at radius 3 is 2.25 bits per heavy atom. The summed E-state index contributed by atoms with van der Waals surface area (Å²) in [7, 11) is 0. The molecule has 0 fully saturated rings. The molecule has 0 amide bonds. The standard InChI is InChI=1S/C7H11ClO4/c1-5(9)11-4-7(3-8)12-6(2)10/h7H,3-4H2,1-2H3/t7-/m0/s1. The van der Waals surface area contributed by atoms with Crippen molar-refractivity contribution in [1.29, 1.82) is 0 Å². The SMILES string of the molecule is CC(=O)OC[C@H](CCl)OC(C)=O. The van der Waals surface area contributed by atoms with Crippen LogP contribution >= 0.6 is 11.6 Å². The molecule has 0 rings (SSSR count). The molecule has 0 aromatic rings. The van der Waals surface area contributed by atoms with Crippen LogP contribution in [0.2, 0.25) is 0 Å². The fourth-order valence-corrected chi connectivity index (χ4v) is 0.707. The first-order valence-corrected chi connectivity index (χ1v) is 3.96. The van der Waals surface area contributed by atoms with Gasteiger partial charge in [-0.15, -0.1) is 11.6 Å². The number of halogens is 1. The van der Waals surface area contributed by atoms with Crippen molar-refractivity contribution in [1.82, 2.24) is 0 Å². The van der Waals surface area contributed by atoms with Crippen molar-refractivity contribution in [3.8, 4) is 0 Å². The van der Waals surface area contributed by atoms with Crippen LogP contribution in [0.3, 0.4) is 0 Å². The summed E-state index contributed by atoms with van der Waals surface area (Å²) in [6.45, 7) is 2.56. The maximum atomic E-state index is 10.4. The number of esters is 2. The molecule has 4 nitrogen and oxygen atoms in total. The first-order chi connectivity index (χ1) is 5.56. The Hall–Kier alpha value is -0.770. The zero-order valence-corrected chi connectivity index (χ0v) is 7.76. The fourth-order valence-electron chi connectivity index (χ4n) is 0.555. The highest BCUT2D eigenvalue weighted by molar-refractivity contribution is 6.18. The van der Waals surface area contributed by atoms with Crippen molar-refractivity contribution in [3.63, 3.8) is 0 Å². The lowest BCUT2D eigenvalue weighted by Gasteiger charge is -2.12. The molecule has 0 heterocycles. The van der Waals surface area contributed by atoms with Crippen LogP contribution in [0.5, 0.6) is 0 Å². The molecule has 0 radical (unpaired) electrons. The molecule has 0 saturated heterocycles. The molecule has 0 aliphatic carbocycles. The smallest absolute Gasteiger partial charge is 0.303 e. The zero-order chi connectivity index (χ0) is 9.56. The predicted octanol–water partition coefficient (Wildman–Crippen LogP) is 0.720. The van der Waals surface area contributed by atoms with Crippen LogP contribution in [0.4, 0.5) is 0 Å². The number of hydrogen-bond donors (Lipinski definition) is 0. The van der Waals surface area contributed by atoms with Crippen LogP contribution in [0.25, 0.3) is 0 Å². The summed E-state index contributed by atoms with van der Waals surface area (Å²) in [5, 5.41) is 0. The Morgan fingerprint density at radius 2 is 1.92 bits per heavy atom. The lowest BCUT2D eigenvalue weighted by atomic mass is 10.4. The van der Waals surface area contributed by atoms with Gasteiger partial charge in [0.2, 0.25) is 0 Å². The van der Waals surface area contributed by atoms with Gasteiger partial charge >= 0.3 is 11.9 Å². The van der Waals surface area contributed by atoms with E-state index in [1.165, 1.54) is 13.8 Å². The molecule has 5 heteroatoms. The molecule has 0 aliphatic rings. The maximum Gasteiger partial charge on any atom is 0.303 e. The van der Waals surface area contributed by atoms with Gasteiger partial charge in [-0.1, -0.05) is 0 Å². The van der Waals surface area contributed by atoms with Crippen LogP contribution in [0.1, 0.15) is 13.8 Å². The quantitative estimate of drug-likeness (QED) is 0.489. The number of carbonyl (C=O) groups excluding carboxylic acids is 2. The van der Waals surface area contributed by atoms with E-state index in [0.29, 0.717) is 0 Å². The molecule has 0 aromatic heterocycles. The molecule has 0 aromatic carbocycles. The Labute approximate surface area is 75.8 Å². The number of ether oxygens (including phenoxy) is 2. The van der Waals surface area contributed by atoms with Gasteiger partial charge in [0.15, 0.2) is 0 Å². The highest BCUT2D eigenvalue weighted by Gasteiger charge is 2.11. The molecule has 1 atom stereocenters. The van der Waals surface area contributed by atoms with Gasteiger partial charge < -0.3 is 9.47 Å². The highest BCUT2D eigenvalue weighted by atomic mass is 35.5. The van der Waals surface area contributed by atoms with Gasteiger partial charge in [0.1, 0.15) is 12.7 Å². The van der Waals surface area contributed by atoms with Crippen molar-refractivity contribution in [2.75, 3.05) is 12.5 Å². The summed E-state index contributed by atoms with van der Waals surface area (Å²) >= 11 is 5.43. The molecular weight excluding hydrogens is 184 g/mol. The average molecular weight is 195 g/mol. The monoisotopic (exact) mass is 194 g/mol. The van der Waals surface area contributed by atoms with E-state index in [-0.39, 0.29) is 12.5 Å². The highest BCUT2D eigenvalue weighted by Crippen LogP contribution is 1.97. The summed E-state index contributed by atoms with van der Waals surface area (Å²) < 4.78 is 9.30. The van der Waals surface area contributed by atoms with Crippen molar-refractivity contribution in [3.05, 3.63) is 0 Å². The Morgan fingerprint density at radius 1 is 1.33 bits per heavy atom. The van der Waals surface area contributed by atoms with E-state index >= 15 is 0 Å². The molecule has 12 heavy (non-hydrogen) atoms. The Balaban J connectivity index is 3.67. The second-order valence-corrected chi connectivity index (χ2v) is 2.50. The van der Waals surface area contributed by atoms with E-state index in [9.17, 15) is 9.59 Å². The van der Waals surface area contributed by atoms with Gasteiger partial charge in [0, 0.05) is 13.8 Å². The van der Waals surface area contributed by atoms with Gasteiger partial charge in [-0.3, -0.25) is 9.59 Å². The molecule has 0 spiro atoms. The molecule has 0 saturated carbocycles. The van der Waals surface area contributed by atoms with Gasteiger partial charge in [-0.05, 0) is 0 Å². The van der Waals surface area contributed by atoms with Gasteiger partial charge in [0.25, 0.3) is 0 Å². The molecule has 0 aliphatic heterocycles. The number of rotatable bonds is 4. The molecule has 0 N–H and O–H groups in total. The van der Waals surface area contributed by atoms with Gasteiger partial charge in [-0.25, -0.2) is 0 Å². The molecular formula is C7H11ClO4. The minimum Gasteiger partial charge on any atom is -0.462 e. The topological polar surface area (TPSA) is 52.6 Å². The molecule has 0 bridgehead atoms. The summed E-state index contributed by atoms with van der Waals surface area (Å²) in [6.07, 6.45) is -0.548. The first-order valence-electron chi connectivity index (χ1n) is 3.42. The van der Waals surface area contributed by atoms with Gasteiger partial charge in [0.05, 0.1) is 5.88 Å². The first kappa shape index (κ1) is 11.2. The summed E-state index contributed by atoms with van der Waals surface area (Å²) in [5.41, 5.74) is 0. The predicted molar refractivity (Wildman–Crippen MR) is 42.9 cm³/mol. The zero-order valence-electron chi connectivity index (χ0n) is 7.00. The van der Waals surface area contributed by atoms with E-state index in [1.807, 2.05) is 0 Å². The number of hydrogen-bond acceptors (Lipinski definition) is 4. The van der Waals surface area contributed by atoms with Crippen molar-refractivity contribution in [2.45, 2.75) is 20.0 Å². The second kappa shape index (κ2) is 5.83. The molecule has 0 unspecified atom stereocenters. The van der Waals surface area contributed by atoms with E-state index in [0.717, 1.165) is 0 Å². The second-order valence-electron chi connectivity index (χ2n) is 2.19. The largest absolute Gasteiger partial charge is 0.462 e. The van der Waals surface area contributed by atoms with E-state index in [4.69, 9.17) is 16.3 Å². The lowest BCUT2D eigenvalue weighted by molar-refractivity contribution is -0.154. The van der Waals surface area contributed by atoms with Gasteiger partial charge in [-0.2, -0.15) is 0 Å². The average Bonchev–Trinajstić information content (AvgIpc) is 1.97. The summed E-state index contributed by atoms with van der Waals surface area (Å²) in [4.78, 5) is 20.8. The van der Waals surface area contributed by atoms with Crippen LogP contribution in [-0.2, 0) is 19.1 Å². The lowest BCUT2D eigenvalue weighted by Crippen LogP contribution is -2.25. The fraction of sp³-hybridized carbons (Fsp3) is 0.714. The van der Waals surface area contributed by atoms with Crippen molar-refractivity contribution < 1.29 is 19.1 Å². The Bertz CT molecular complexity index is 169. The summed E-state index contributed by atoms with van der Waals surface area (Å²) in [6, 6.07) is 0. The number of carbonyl (C=O) groups is 2. The third-order valence-corrected chi connectivity index (χ3v) is 1.32.